The highest BCUT2D eigenvalue weighted by Gasteiger charge is 2.06. The molecule has 132 valence electrons. The lowest BCUT2D eigenvalue weighted by molar-refractivity contribution is -0.119. The van der Waals surface area contributed by atoms with Crippen LogP contribution in [0.5, 0.6) is 0 Å². The van der Waals surface area contributed by atoms with Crippen molar-refractivity contribution in [2.45, 2.75) is 46.0 Å². The fourth-order valence-electron chi connectivity index (χ4n) is 3.12. The van der Waals surface area contributed by atoms with Gasteiger partial charge in [0.2, 0.25) is 5.91 Å². The smallest absolute Gasteiger partial charge is 0.239 e. The van der Waals surface area contributed by atoms with Crippen LogP contribution in [0.2, 0.25) is 0 Å². The molecule has 0 bridgehead atoms. The van der Waals surface area contributed by atoms with Crippen LogP contribution in [0.4, 0.5) is 11.4 Å². The third-order valence-corrected chi connectivity index (χ3v) is 4.60. The minimum absolute atomic E-state index is 0.0548. The van der Waals surface area contributed by atoms with Crippen molar-refractivity contribution >= 4 is 17.3 Å². The molecule has 0 spiro atoms. The molecule has 1 aromatic rings. The van der Waals surface area contributed by atoms with Crippen molar-refractivity contribution < 1.29 is 4.79 Å². The standard InChI is InChI=1S/C20H31N3O/c1-3-23(4-2)19-12-10-18(11-13-19)22-16-20(24)21-15-14-17-8-6-5-7-9-17/h8,10-13,22H,3-7,9,14-16H2,1-2H3,(H,21,24). The van der Waals surface area contributed by atoms with Crippen LogP contribution in [-0.2, 0) is 4.79 Å². The fourth-order valence-corrected chi connectivity index (χ4v) is 3.12. The SMILES string of the molecule is CCN(CC)c1ccc(NCC(=O)NCCC2=CCCCC2)cc1. The molecule has 4 heteroatoms. The number of allylic oxidation sites excluding steroid dienone is 1. The molecular weight excluding hydrogens is 298 g/mol. The van der Waals surface area contributed by atoms with Gasteiger partial charge in [-0.25, -0.2) is 0 Å². The first kappa shape index (κ1) is 18.4. The second-order valence-corrected chi connectivity index (χ2v) is 6.28. The maximum absolute atomic E-state index is 11.9. The van der Waals surface area contributed by atoms with Crippen molar-refractivity contribution in [1.82, 2.24) is 5.32 Å². The number of benzene rings is 1. The van der Waals surface area contributed by atoms with Crippen LogP contribution in [-0.4, -0.2) is 32.1 Å². The molecule has 4 nitrogen and oxygen atoms in total. The van der Waals surface area contributed by atoms with E-state index < -0.39 is 0 Å². The van der Waals surface area contributed by atoms with Crippen LogP contribution in [0.1, 0.15) is 46.0 Å². The lowest BCUT2D eigenvalue weighted by atomic mass is 9.97. The minimum atomic E-state index is 0.0548. The van der Waals surface area contributed by atoms with E-state index in [1.54, 1.807) is 0 Å². The van der Waals surface area contributed by atoms with Crippen molar-refractivity contribution in [3.63, 3.8) is 0 Å². The molecular formula is C20H31N3O. The zero-order valence-electron chi connectivity index (χ0n) is 15.1. The largest absolute Gasteiger partial charge is 0.376 e. The van der Waals surface area contributed by atoms with Crippen molar-refractivity contribution in [2.24, 2.45) is 0 Å². The van der Waals surface area contributed by atoms with Gasteiger partial charge in [0.25, 0.3) is 0 Å². The Morgan fingerprint density at radius 3 is 2.50 bits per heavy atom. The lowest BCUT2D eigenvalue weighted by Gasteiger charge is -2.21. The molecule has 1 aliphatic carbocycles. The number of nitrogens with zero attached hydrogens (tertiary/aromatic N) is 1. The average Bonchev–Trinajstić information content (AvgIpc) is 2.63. The van der Waals surface area contributed by atoms with E-state index in [-0.39, 0.29) is 5.91 Å². The molecule has 0 saturated heterocycles. The van der Waals surface area contributed by atoms with Crippen LogP contribution >= 0.6 is 0 Å². The number of carbonyl (C=O) groups is 1. The predicted molar refractivity (Wildman–Crippen MR) is 103 cm³/mol. The molecule has 1 amide bonds. The summed E-state index contributed by atoms with van der Waals surface area (Å²) in [6, 6.07) is 8.27. The summed E-state index contributed by atoms with van der Waals surface area (Å²) in [5.74, 6) is 0.0548. The van der Waals surface area contributed by atoms with E-state index >= 15 is 0 Å². The number of hydrogen-bond donors (Lipinski definition) is 2. The average molecular weight is 329 g/mol. The Kier molecular flexibility index (Phi) is 7.66. The Morgan fingerprint density at radius 1 is 1.12 bits per heavy atom. The number of anilines is 2. The summed E-state index contributed by atoms with van der Waals surface area (Å²) < 4.78 is 0. The van der Waals surface area contributed by atoms with Crippen LogP contribution in [0.3, 0.4) is 0 Å². The molecule has 0 fully saturated rings. The van der Waals surface area contributed by atoms with Crippen molar-refractivity contribution in [2.75, 3.05) is 36.4 Å². The van der Waals surface area contributed by atoms with E-state index in [0.29, 0.717) is 6.54 Å². The number of carbonyl (C=O) groups excluding carboxylic acids is 1. The normalized spacial score (nSPS) is 14.0. The zero-order valence-corrected chi connectivity index (χ0v) is 15.1. The van der Waals surface area contributed by atoms with Gasteiger partial charge >= 0.3 is 0 Å². The summed E-state index contributed by atoms with van der Waals surface area (Å²) >= 11 is 0. The molecule has 1 aromatic carbocycles. The summed E-state index contributed by atoms with van der Waals surface area (Å²) in [5, 5.41) is 6.19. The van der Waals surface area contributed by atoms with Crippen LogP contribution < -0.4 is 15.5 Å². The number of hydrogen-bond acceptors (Lipinski definition) is 3. The van der Waals surface area contributed by atoms with Gasteiger partial charge < -0.3 is 15.5 Å². The van der Waals surface area contributed by atoms with Gasteiger partial charge in [-0.2, -0.15) is 0 Å². The maximum Gasteiger partial charge on any atom is 0.239 e. The van der Waals surface area contributed by atoms with Gasteiger partial charge in [-0.05, 0) is 70.2 Å². The molecule has 24 heavy (non-hydrogen) atoms. The summed E-state index contributed by atoms with van der Waals surface area (Å²) in [7, 11) is 0. The predicted octanol–water partition coefficient (Wildman–Crippen LogP) is 3.95. The summed E-state index contributed by atoms with van der Waals surface area (Å²) in [6.45, 7) is 7.38. The van der Waals surface area contributed by atoms with Gasteiger partial charge in [0.15, 0.2) is 0 Å². The van der Waals surface area contributed by atoms with Crippen LogP contribution in [0.15, 0.2) is 35.9 Å². The quantitative estimate of drug-likeness (QED) is 0.674. The van der Waals surface area contributed by atoms with Gasteiger partial charge in [0, 0.05) is 31.0 Å². The Bertz CT molecular complexity index is 532. The monoisotopic (exact) mass is 329 g/mol. The van der Waals surface area contributed by atoms with Gasteiger partial charge in [-0.15, -0.1) is 0 Å². The minimum Gasteiger partial charge on any atom is -0.376 e. The van der Waals surface area contributed by atoms with Crippen molar-refractivity contribution in [3.8, 4) is 0 Å². The van der Waals surface area contributed by atoms with E-state index in [4.69, 9.17) is 0 Å². The molecule has 0 radical (unpaired) electrons. The molecule has 2 rings (SSSR count). The molecule has 0 aliphatic heterocycles. The summed E-state index contributed by atoms with van der Waals surface area (Å²) in [6.07, 6.45) is 8.34. The molecule has 2 N–H and O–H groups in total. The van der Waals surface area contributed by atoms with Gasteiger partial charge in [-0.1, -0.05) is 11.6 Å². The summed E-state index contributed by atoms with van der Waals surface area (Å²) in [4.78, 5) is 14.2. The molecule has 0 saturated carbocycles. The molecule has 0 unspecified atom stereocenters. The van der Waals surface area contributed by atoms with E-state index in [2.05, 4.69) is 47.6 Å². The Balaban J connectivity index is 1.68. The van der Waals surface area contributed by atoms with Crippen LogP contribution in [0.25, 0.3) is 0 Å². The van der Waals surface area contributed by atoms with E-state index in [1.807, 2.05) is 12.1 Å². The van der Waals surface area contributed by atoms with Crippen LogP contribution in [0, 0.1) is 0 Å². The lowest BCUT2D eigenvalue weighted by Crippen LogP contribution is -2.30. The second kappa shape index (κ2) is 10.0. The Morgan fingerprint density at radius 2 is 1.88 bits per heavy atom. The Hall–Kier alpha value is -1.97. The first-order valence-corrected chi connectivity index (χ1v) is 9.26. The maximum atomic E-state index is 11.9. The number of rotatable bonds is 9. The van der Waals surface area contributed by atoms with E-state index in [0.717, 1.165) is 31.7 Å². The second-order valence-electron chi connectivity index (χ2n) is 6.28. The molecule has 0 heterocycles. The van der Waals surface area contributed by atoms with Crippen molar-refractivity contribution in [3.05, 3.63) is 35.9 Å². The van der Waals surface area contributed by atoms with E-state index in [1.165, 1.54) is 36.9 Å². The van der Waals surface area contributed by atoms with Gasteiger partial charge in [-0.3, -0.25) is 4.79 Å². The first-order chi connectivity index (χ1) is 11.7. The first-order valence-electron chi connectivity index (χ1n) is 9.26. The highest BCUT2D eigenvalue weighted by molar-refractivity contribution is 5.80. The highest BCUT2D eigenvalue weighted by atomic mass is 16.1. The van der Waals surface area contributed by atoms with Gasteiger partial charge in [0.05, 0.1) is 6.54 Å². The third kappa shape index (κ3) is 5.91. The fraction of sp³-hybridized carbons (Fsp3) is 0.550. The molecule has 0 atom stereocenters. The number of nitrogens with one attached hydrogen (secondary N) is 2. The molecule has 1 aliphatic rings. The summed E-state index contributed by atoms with van der Waals surface area (Å²) in [5.41, 5.74) is 3.70. The topological polar surface area (TPSA) is 44.4 Å². The third-order valence-electron chi connectivity index (χ3n) is 4.60. The van der Waals surface area contributed by atoms with E-state index in [9.17, 15) is 4.79 Å². The Labute approximate surface area is 146 Å². The highest BCUT2D eigenvalue weighted by Crippen LogP contribution is 2.19. The molecule has 0 aromatic heterocycles. The zero-order chi connectivity index (χ0) is 17.2. The van der Waals surface area contributed by atoms with Crippen molar-refractivity contribution in [1.29, 1.82) is 0 Å². The van der Waals surface area contributed by atoms with Gasteiger partial charge in [0.1, 0.15) is 0 Å². The number of amides is 1.